The summed E-state index contributed by atoms with van der Waals surface area (Å²) in [5, 5.41) is 4.45. The molecule has 1 aliphatic rings. The Hall–Kier alpha value is -2.76. The van der Waals surface area contributed by atoms with Gasteiger partial charge in [0, 0.05) is 24.5 Å². The maximum atomic E-state index is 12.2. The number of ether oxygens (including phenoxy) is 2. The van der Waals surface area contributed by atoms with Gasteiger partial charge in [0.2, 0.25) is 6.79 Å². The molecule has 0 N–H and O–H groups in total. The first-order valence-electron chi connectivity index (χ1n) is 6.75. The third kappa shape index (κ3) is 1.79. The number of rotatable bonds is 2. The number of hydrogen-bond donors (Lipinski definition) is 0. The molecule has 0 radical (unpaired) electrons. The highest BCUT2D eigenvalue weighted by atomic mass is 16.7. The van der Waals surface area contributed by atoms with Crippen LogP contribution in [0.5, 0.6) is 11.5 Å². The van der Waals surface area contributed by atoms with Crippen LogP contribution in [-0.4, -0.2) is 21.0 Å². The molecule has 0 atom stereocenters. The van der Waals surface area contributed by atoms with Crippen LogP contribution in [0.4, 0.5) is 0 Å². The van der Waals surface area contributed by atoms with Crippen LogP contribution in [0.15, 0.2) is 41.5 Å². The number of aryl methyl sites for hydroxylation is 1. The van der Waals surface area contributed by atoms with Crippen LogP contribution in [0.1, 0.15) is 6.92 Å². The van der Waals surface area contributed by atoms with Gasteiger partial charge in [-0.1, -0.05) is 0 Å². The van der Waals surface area contributed by atoms with Gasteiger partial charge in [0.25, 0.3) is 5.56 Å². The van der Waals surface area contributed by atoms with E-state index in [1.807, 2.05) is 25.1 Å². The standard InChI is InChI=1S/C15H13N3O3/c1-2-17-5-6-18-12(15(17)19)8-11(16-18)10-3-4-13-14(7-10)21-9-20-13/h3-8H,2,9H2,1H3. The van der Waals surface area contributed by atoms with Crippen LogP contribution in [0.25, 0.3) is 16.8 Å². The second kappa shape index (κ2) is 4.37. The monoisotopic (exact) mass is 283 g/mol. The van der Waals surface area contributed by atoms with Gasteiger partial charge in [0.15, 0.2) is 11.5 Å². The zero-order valence-electron chi connectivity index (χ0n) is 11.4. The van der Waals surface area contributed by atoms with Crippen molar-refractivity contribution in [3.05, 3.63) is 47.0 Å². The van der Waals surface area contributed by atoms with E-state index in [-0.39, 0.29) is 12.4 Å². The lowest BCUT2D eigenvalue weighted by molar-refractivity contribution is 0.174. The molecule has 0 spiro atoms. The molecule has 0 fully saturated rings. The number of aromatic nitrogens is 3. The SMILES string of the molecule is CCn1ccn2nc(-c3ccc4c(c3)OCO4)cc2c1=O. The summed E-state index contributed by atoms with van der Waals surface area (Å²) in [6, 6.07) is 7.44. The van der Waals surface area contributed by atoms with Crippen molar-refractivity contribution in [1.29, 1.82) is 0 Å². The van der Waals surface area contributed by atoms with Crippen LogP contribution in [0, 0.1) is 0 Å². The summed E-state index contributed by atoms with van der Waals surface area (Å²) in [6.45, 7) is 2.82. The second-order valence-electron chi connectivity index (χ2n) is 4.82. The van der Waals surface area contributed by atoms with Gasteiger partial charge in [-0.2, -0.15) is 5.10 Å². The molecule has 1 aliphatic heterocycles. The van der Waals surface area contributed by atoms with Gasteiger partial charge in [-0.25, -0.2) is 4.52 Å². The van der Waals surface area contributed by atoms with E-state index in [1.54, 1.807) is 27.5 Å². The fourth-order valence-corrected chi connectivity index (χ4v) is 2.47. The number of fused-ring (bicyclic) bond motifs is 2. The lowest BCUT2D eigenvalue weighted by Gasteiger charge is -2.00. The average Bonchev–Trinajstić information content (AvgIpc) is 3.13. The van der Waals surface area contributed by atoms with Gasteiger partial charge in [0.1, 0.15) is 5.52 Å². The first kappa shape index (κ1) is 12.0. The van der Waals surface area contributed by atoms with Gasteiger partial charge in [0.05, 0.1) is 5.69 Å². The Morgan fingerprint density at radius 2 is 2.05 bits per heavy atom. The van der Waals surface area contributed by atoms with E-state index in [2.05, 4.69) is 5.10 Å². The Balaban J connectivity index is 1.87. The van der Waals surface area contributed by atoms with E-state index in [1.165, 1.54) is 0 Å². The number of benzene rings is 1. The van der Waals surface area contributed by atoms with Gasteiger partial charge >= 0.3 is 0 Å². The lowest BCUT2D eigenvalue weighted by atomic mass is 10.1. The Kier molecular flexibility index (Phi) is 2.50. The van der Waals surface area contributed by atoms with Crippen LogP contribution in [-0.2, 0) is 6.54 Å². The third-order valence-electron chi connectivity index (χ3n) is 3.61. The number of hydrogen-bond acceptors (Lipinski definition) is 4. The molecule has 6 nitrogen and oxygen atoms in total. The normalized spacial score (nSPS) is 13.0. The molecular weight excluding hydrogens is 270 g/mol. The minimum atomic E-state index is -0.0421. The van der Waals surface area contributed by atoms with Crippen LogP contribution in [0.3, 0.4) is 0 Å². The van der Waals surface area contributed by atoms with Crippen molar-refractivity contribution < 1.29 is 9.47 Å². The third-order valence-corrected chi connectivity index (χ3v) is 3.61. The van der Waals surface area contributed by atoms with Crippen molar-refractivity contribution >= 4 is 5.52 Å². The predicted molar refractivity (Wildman–Crippen MR) is 76.7 cm³/mol. The smallest absolute Gasteiger partial charge is 0.276 e. The first-order chi connectivity index (χ1) is 10.3. The van der Waals surface area contributed by atoms with Crippen molar-refractivity contribution in [2.75, 3.05) is 6.79 Å². The zero-order valence-corrected chi connectivity index (χ0v) is 11.4. The molecule has 6 heteroatoms. The lowest BCUT2D eigenvalue weighted by Crippen LogP contribution is -2.20. The fourth-order valence-electron chi connectivity index (χ4n) is 2.47. The predicted octanol–water partition coefficient (Wildman–Crippen LogP) is 1.91. The quantitative estimate of drug-likeness (QED) is 0.721. The fraction of sp³-hybridized carbons (Fsp3) is 0.200. The van der Waals surface area contributed by atoms with E-state index >= 15 is 0 Å². The highest BCUT2D eigenvalue weighted by Gasteiger charge is 2.15. The Morgan fingerprint density at radius 3 is 2.90 bits per heavy atom. The molecule has 0 saturated heterocycles. The molecule has 0 unspecified atom stereocenters. The Bertz CT molecular complexity index is 895. The van der Waals surface area contributed by atoms with Crippen LogP contribution < -0.4 is 15.0 Å². The average molecular weight is 283 g/mol. The van der Waals surface area contributed by atoms with E-state index in [0.717, 1.165) is 17.0 Å². The van der Waals surface area contributed by atoms with Crippen molar-refractivity contribution in [3.63, 3.8) is 0 Å². The molecule has 1 aromatic carbocycles. The van der Waals surface area contributed by atoms with Gasteiger partial charge in [-0.05, 0) is 31.2 Å². The van der Waals surface area contributed by atoms with Gasteiger partial charge in [-0.15, -0.1) is 0 Å². The van der Waals surface area contributed by atoms with Crippen molar-refractivity contribution in [3.8, 4) is 22.8 Å². The summed E-state index contributed by atoms with van der Waals surface area (Å²) >= 11 is 0. The number of nitrogens with zero attached hydrogens (tertiary/aromatic N) is 3. The van der Waals surface area contributed by atoms with E-state index in [0.29, 0.717) is 17.8 Å². The molecule has 0 aliphatic carbocycles. The molecule has 4 rings (SSSR count). The largest absolute Gasteiger partial charge is 0.454 e. The Morgan fingerprint density at radius 1 is 1.19 bits per heavy atom. The van der Waals surface area contributed by atoms with E-state index < -0.39 is 0 Å². The molecule has 3 heterocycles. The minimum Gasteiger partial charge on any atom is -0.454 e. The maximum absolute atomic E-state index is 12.2. The van der Waals surface area contributed by atoms with Gasteiger partial charge in [-0.3, -0.25) is 4.79 Å². The van der Waals surface area contributed by atoms with E-state index in [9.17, 15) is 4.79 Å². The first-order valence-corrected chi connectivity index (χ1v) is 6.75. The zero-order chi connectivity index (χ0) is 14.4. The summed E-state index contributed by atoms with van der Waals surface area (Å²) in [5.74, 6) is 1.44. The highest BCUT2D eigenvalue weighted by Crippen LogP contribution is 2.35. The van der Waals surface area contributed by atoms with Crippen molar-refractivity contribution in [2.45, 2.75) is 13.5 Å². The summed E-state index contributed by atoms with van der Waals surface area (Å²) in [7, 11) is 0. The molecule has 21 heavy (non-hydrogen) atoms. The van der Waals surface area contributed by atoms with E-state index in [4.69, 9.17) is 9.47 Å². The topological polar surface area (TPSA) is 57.8 Å². The van der Waals surface area contributed by atoms with Crippen LogP contribution >= 0.6 is 0 Å². The molecule has 0 amide bonds. The van der Waals surface area contributed by atoms with Crippen molar-refractivity contribution in [2.24, 2.45) is 0 Å². The molecule has 0 bridgehead atoms. The molecule has 3 aromatic rings. The molecular formula is C15H13N3O3. The van der Waals surface area contributed by atoms with Gasteiger partial charge < -0.3 is 14.0 Å². The second-order valence-corrected chi connectivity index (χ2v) is 4.82. The van der Waals surface area contributed by atoms with Crippen LogP contribution in [0.2, 0.25) is 0 Å². The maximum Gasteiger partial charge on any atom is 0.276 e. The molecule has 106 valence electrons. The summed E-state index contributed by atoms with van der Waals surface area (Å²) < 4.78 is 13.9. The summed E-state index contributed by atoms with van der Waals surface area (Å²) in [6.07, 6.45) is 3.53. The summed E-state index contributed by atoms with van der Waals surface area (Å²) in [5.41, 5.74) is 2.15. The minimum absolute atomic E-state index is 0.0421. The van der Waals surface area contributed by atoms with Crippen molar-refractivity contribution in [1.82, 2.24) is 14.2 Å². The summed E-state index contributed by atoms with van der Waals surface area (Å²) in [4.78, 5) is 12.2. The Labute approximate surface area is 120 Å². The molecule has 2 aromatic heterocycles. The highest BCUT2D eigenvalue weighted by molar-refractivity contribution is 5.68. The molecule has 0 saturated carbocycles.